The summed E-state index contributed by atoms with van der Waals surface area (Å²) in [5.74, 6) is 1.67. The fourth-order valence-corrected chi connectivity index (χ4v) is 3.07. The number of hydrogen-bond donors (Lipinski definition) is 2. The molecule has 0 radical (unpaired) electrons. The molecule has 5 nitrogen and oxygen atoms in total. The van der Waals surface area contributed by atoms with Crippen LogP contribution in [0.1, 0.15) is 19.3 Å². The van der Waals surface area contributed by atoms with E-state index >= 15 is 0 Å². The van der Waals surface area contributed by atoms with Gasteiger partial charge in [0.15, 0.2) is 0 Å². The first-order valence-corrected chi connectivity index (χ1v) is 8.58. The molecule has 1 heterocycles. The predicted octanol–water partition coefficient (Wildman–Crippen LogP) is 3.45. The third-order valence-electron chi connectivity index (χ3n) is 4.48. The van der Waals surface area contributed by atoms with Gasteiger partial charge < -0.3 is 20.1 Å². The van der Waals surface area contributed by atoms with E-state index in [0.717, 1.165) is 54.1 Å². The molecule has 2 aromatic rings. The van der Waals surface area contributed by atoms with E-state index in [1.807, 2.05) is 42.5 Å². The van der Waals surface area contributed by atoms with Gasteiger partial charge in [-0.3, -0.25) is 4.79 Å². The average Bonchev–Trinajstić information content (AvgIpc) is 2.86. The van der Waals surface area contributed by atoms with Crippen LogP contribution in [0, 0.1) is 0 Å². The molecule has 1 aliphatic heterocycles. The largest absolute Gasteiger partial charge is 0.497 e. The summed E-state index contributed by atoms with van der Waals surface area (Å²) in [6, 6.07) is 13.6. The number of carbonyl (C=O) groups excluding carboxylic acids is 1. The molecule has 0 aromatic heterocycles. The molecule has 0 bridgehead atoms. The van der Waals surface area contributed by atoms with Gasteiger partial charge in [-0.25, -0.2) is 0 Å². The molecule has 0 saturated carbocycles. The summed E-state index contributed by atoms with van der Waals surface area (Å²) in [4.78, 5) is 12.2. The van der Waals surface area contributed by atoms with Crippen LogP contribution in [0.3, 0.4) is 0 Å². The van der Waals surface area contributed by atoms with Gasteiger partial charge in [0.05, 0.1) is 14.2 Å². The first-order valence-electron chi connectivity index (χ1n) is 8.58. The van der Waals surface area contributed by atoms with E-state index in [1.165, 1.54) is 0 Å². The summed E-state index contributed by atoms with van der Waals surface area (Å²) in [5, 5.41) is 6.32. The summed E-state index contributed by atoms with van der Waals surface area (Å²) < 4.78 is 10.7. The molecule has 0 aliphatic carbocycles. The number of ether oxygens (including phenoxy) is 2. The highest BCUT2D eigenvalue weighted by Crippen LogP contribution is 2.33. The highest BCUT2D eigenvalue weighted by Gasteiger charge is 2.20. The van der Waals surface area contributed by atoms with Crippen molar-refractivity contribution in [1.82, 2.24) is 5.32 Å². The number of hydrogen-bond acceptors (Lipinski definition) is 4. The molecular formula is C20H24N2O3. The van der Waals surface area contributed by atoms with Crippen molar-refractivity contribution in [2.75, 3.05) is 26.1 Å². The molecule has 132 valence electrons. The predicted molar refractivity (Wildman–Crippen MR) is 99.3 cm³/mol. The number of methoxy groups -OCH3 is 2. The lowest BCUT2D eigenvalue weighted by atomic mass is 10.0. The second-order valence-electron chi connectivity index (χ2n) is 6.13. The average molecular weight is 340 g/mol. The Hall–Kier alpha value is -2.69. The molecule has 25 heavy (non-hydrogen) atoms. The smallest absolute Gasteiger partial charge is 0.242 e. The molecule has 3 rings (SSSR count). The molecule has 1 saturated heterocycles. The Morgan fingerprint density at radius 1 is 1.04 bits per heavy atom. The van der Waals surface area contributed by atoms with Gasteiger partial charge in [-0.15, -0.1) is 0 Å². The first-order chi connectivity index (χ1) is 12.2. The zero-order valence-corrected chi connectivity index (χ0v) is 14.7. The summed E-state index contributed by atoms with van der Waals surface area (Å²) in [6.07, 6.45) is 2.91. The van der Waals surface area contributed by atoms with Gasteiger partial charge >= 0.3 is 0 Å². The van der Waals surface area contributed by atoms with E-state index in [0.29, 0.717) is 0 Å². The van der Waals surface area contributed by atoms with Crippen molar-refractivity contribution in [3.8, 4) is 22.6 Å². The van der Waals surface area contributed by atoms with Crippen LogP contribution in [-0.4, -0.2) is 32.7 Å². The molecule has 2 aromatic carbocycles. The Labute approximate surface area is 148 Å². The Morgan fingerprint density at radius 2 is 1.84 bits per heavy atom. The number of carbonyl (C=O) groups is 1. The van der Waals surface area contributed by atoms with Crippen LogP contribution >= 0.6 is 0 Å². The SMILES string of the molecule is COc1ccc(-c2cc(N[C@@H]3CCCCNC3=O)ccc2OC)cc1. The molecule has 2 N–H and O–H groups in total. The van der Waals surface area contributed by atoms with Crippen LogP contribution in [0.4, 0.5) is 5.69 Å². The molecule has 1 atom stereocenters. The molecule has 0 unspecified atom stereocenters. The fraction of sp³-hybridized carbons (Fsp3) is 0.350. The van der Waals surface area contributed by atoms with Crippen LogP contribution in [-0.2, 0) is 4.79 Å². The van der Waals surface area contributed by atoms with Crippen molar-refractivity contribution >= 4 is 11.6 Å². The Morgan fingerprint density at radius 3 is 2.56 bits per heavy atom. The van der Waals surface area contributed by atoms with Gasteiger partial charge in [-0.1, -0.05) is 12.1 Å². The molecule has 5 heteroatoms. The Bertz CT molecular complexity index is 728. The van der Waals surface area contributed by atoms with E-state index in [1.54, 1.807) is 14.2 Å². The maximum Gasteiger partial charge on any atom is 0.242 e. The zero-order chi connectivity index (χ0) is 17.6. The number of amides is 1. The van der Waals surface area contributed by atoms with Crippen molar-refractivity contribution in [3.63, 3.8) is 0 Å². The lowest BCUT2D eigenvalue weighted by Gasteiger charge is -2.18. The van der Waals surface area contributed by atoms with Crippen LogP contribution in [0.2, 0.25) is 0 Å². The zero-order valence-electron chi connectivity index (χ0n) is 14.7. The van der Waals surface area contributed by atoms with Gasteiger partial charge in [-0.05, 0) is 55.2 Å². The third-order valence-corrected chi connectivity index (χ3v) is 4.48. The quantitative estimate of drug-likeness (QED) is 0.875. The van der Waals surface area contributed by atoms with Gasteiger partial charge in [0.25, 0.3) is 0 Å². The van der Waals surface area contributed by atoms with Gasteiger partial charge in [0.1, 0.15) is 17.5 Å². The minimum absolute atomic E-state index is 0.0688. The lowest BCUT2D eigenvalue weighted by molar-refractivity contribution is -0.121. The van der Waals surface area contributed by atoms with Crippen LogP contribution in [0.5, 0.6) is 11.5 Å². The summed E-state index contributed by atoms with van der Waals surface area (Å²) in [7, 11) is 3.31. The number of benzene rings is 2. The standard InChI is InChI=1S/C20H24N2O3/c1-24-16-9-6-14(7-10-16)17-13-15(8-11-19(17)25-2)22-18-5-3-4-12-21-20(18)23/h6-11,13,18,22H,3-5,12H2,1-2H3,(H,21,23)/t18-/m1/s1. The van der Waals surface area contributed by atoms with Crippen LogP contribution in [0.15, 0.2) is 42.5 Å². The summed E-state index contributed by atoms with van der Waals surface area (Å²) in [6.45, 7) is 0.761. The van der Waals surface area contributed by atoms with Crippen molar-refractivity contribution in [2.24, 2.45) is 0 Å². The van der Waals surface area contributed by atoms with Crippen molar-refractivity contribution < 1.29 is 14.3 Å². The minimum Gasteiger partial charge on any atom is -0.497 e. The monoisotopic (exact) mass is 340 g/mol. The molecular weight excluding hydrogens is 316 g/mol. The molecule has 1 amide bonds. The van der Waals surface area contributed by atoms with E-state index < -0.39 is 0 Å². The van der Waals surface area contributed by atoms with Gasteiger partial charge in [-0.2, -0.15) is 0 Å². The van der Waals surface area contributed by atoms with E-state index in [-0.39, 0.29) is 11.9 Å². The van der Waals surface area contributed by atoms with E-state index in [2.05, 4.69) is 10.6 Å². The Balaban J connectivity index is 1.87. The second-order valence-corrected chi connectivity index (χ2v) is 6.13. The van der Waals surface area contributed by atoms with Crippen molar-refractivity contribution in [3.05, 3.63) is 42.5 Å². The summed E-state index contributed by atoms with van der Waals surface area (Å²) in [5.41, 5.74) is 2.92. The number of anilines is 1. The van der Waals surface area contributed by atoms with Crippen LogP contribution < -0.4 is 20.1 Å². The molecule has 1 fully saturated rings. The summed E-state index contributed by atoms with van der Waals surface area (Å²) >= 11 is 0. The van der Waals surface area contributed by atoms with Crippen LogP contribution in [0.25, 0.3) is 11.1 Å². The number of rotatable bonds is 5. The van der Waals surface area contributed by atoms with Crippen molar-refractivity contribution in [1.29, 1.82) is 0 Å². The molecule has 1 aliphatic rings. The Kier molecular flexibility index (Phi) is 5.43. The highest BCUT2D eigenvalue weighted by atomic mass is 16.5. The van der Waals surface area contributed by atoms with Gasteiger partial charge in [0, 0.05) is 17.8 Å². The maximum atomic E-state index is 12.2. The maximum absolute atomic E-state index is 12.2. The number of nitrogens with one attached hydrogen (secondary N) is 2. The topological polar surface area (TPSA) is 59.6 Å². The van der Waals surface area contributed by atoms with E-state index in [9.17, 15) is 4.79 Å². The minimum atomic E-state index is -0.195. The second kappa shape index (κ2) is 7.92. The first kappa shape index (κ1) is 17.1. The van der Waals surface area contributed by atoms with Crippen molar-refractivity contribution in [2.45, 2.75) is 25.3 Å². The van der Waals surface area contributed by atoms with Gasteiger partial charge in [0.2, 0.25) is 5.91 Å². The molecule has 0 spiro atoms. The normalized spacial score (nSPS) is 17.4. The van der Waals surface area contributed by atoms with E-state index in [4.69, 9.17) is 9.47 Å². The third kappa shape index (κ3) is 4.05. The lowest BCUT2D eigenvalue weighted by Crippen LogP contribution is -2.37. The fourth-order valence-electron chi connectivity index (χ4n) is 3.07. The highest BCUT2D eigenvalue weighted by molar-refractivity contribution is 5.85.